The van der Waals surface area contributed by atoms with Crippen LogP contribution in [0.3, 0.4) is 0 Å². The second-order valence-corrected chi connectivity index (χ2v) is 7.26. The van der Waals surface area contributed by atoms with E-state index < -0.39 is 0 Å². The number of nitrogens with one attached hydrogen (secondary N) is 1. The van der Waals surface area contributed by atoms with E-state index in [1.54, 1.807) is 13.2 Å². The highest BCUT2D eigenvalue weighted by Gasteiger charge is 2.31. The van der Waals surface area contributed by atoms with Crippen LogP contribution in [0.4, 0.5) is 0 Å². The lowest BCUT2D eigenvalue weighted by Gasteiger charge is -2.37. The maximum absolute atomic E-state index is 9.68. The quantitative estimate of drug-likeness (QED) is 0.829. The first-order valence-electron chi connectivity index (χ1n) is 7.76. The van der Waals surface area contributed by atoms with Crippen molar-refractivity contribution in [3.8, 4) is 11.5 Å². The van der Waals surface area contributed by atoms with Crippen molar-refractivity contribution in [3.63, 3.8) is 0 Å². The fraction of sp³-hybridized carbons (Fsp3) is 0.647. The maximum atomic E-state index is 9.68. The Morgan fingerprint density at radius 2 is 2.05 bits per heavy atom. The zero-order chi connectivity index (χ0) is 15.3. The number of phenols is 1. The first-order chi connectivity index (χ1) is 10.1. The lowest BCUT2D eigenvalue weighted by atomic mass is 9.88. The number of thioether (sulfide) groups is 1. The zero-order valence-electron chi connectivity index (χ0n) is 13.3. The molecule has 21 heavy (non-hydrogen) atoms. The molecular weight excluding hydrogens is 282 g/mol. The summed E-state index contributed by atoms with van der Waals surface area (Å²) in [6.45, 7) is 3.21. The lowest BCUT2D eigenvalue weighted by Crippen LogP contribution is -2.40. The number of phenolic OH excluding ortho intramolecular Hbond substituents is 1. The molecule has 118 valence electrons. The molecule has 3 nitrogen and oxygen atoms in total. The van der Waals surface area contributed by atoms with Gasteiger partial charge in [0.2, 0.25) is 0 Å². The summed E-state index contributed by atoms with van der Waals surface area (Å²) < 4.78 is 5.59. The molecule has 0 aliphatic heterocycles. The van der Waals surface area contributed by atoms with Crippen molar-refractivity contribution >= 4 is 11.8 Å². The number of ether oxygens (including phenoxy) is 1. The van der Waals surface area contributed by atoms with Gasteiger partial charge in [0.25, 0.3) is 0 Å². The van der Waals surface area contributed by atoms with E-state index in [0.717, 1.165) is 12.1 Å². The van der Waals surface area contributed by atoms with E-state index in [0.29, 0.717) is 10.5 Å². The molecule has 0 radical (unpaired) electrons. The highest BCUT2D eigenvalue weighted by molar-refractivity contribution is 8.00. The number of aromatic hydroxyl groups is 1. The van der Waals surface area contributed by atoms with Gasteiger partial charge < -0.3 is 15.2 Å². The molecule has 0 aromatic heterocycles. The van der Waals surface area contributed by atoms with E-state index >= 15 is 0 Å². The Hall–Kier alpha value is -0.870. The summed E-state index contributed by atoms with van der Waals surface area (Å²) in [5.41, 5.74) is 1.15. The highest BCUT2D eigenvalue weighted by Crippen LogP contribution is 2.38. The first kappa shape index (κ1) is 16.5. The fourth-order valence-corrected chi connectivity index (χ4v) is 3.99. The van der Waals surface area contributed by atoms with E-state index in [9.17, 15) is 5.11 Å². The van der Waals surface area contributed by atoms with Crippen molar-refractivity contribution in [1.82, 2.24) is 5.32 Å². The van der Waals surface area contributed by atoms with E-state index in [1.165, 1.54) is 32.1 Å². The summed E-state index contributed by atoms with van der Waals surface area (Å²) in [4.78, 5) is 0. The van der Waals surface area contributed by atoms with Gasteiger partial charge >= 0.3 is 0 Å². The summed E-state index contributed by atoms with van der Waals surface area (Å²) in [5.74, 6) is 0.736. The van der Waals surface area contributed by atoms with Gasteiger partial charge in [-0.1, -0.05) is 25.3 Å². The van der Waals surface area contributed by atoms with E-state index in [2.05, 4.69) is 18.5 Å². The van der Waals surface area contributed by atoms with Crippen molar-refractivity contribution in [2.24, 2.45) is 0 Å². The third-order valence-corrected chi connectivity index (χ3v) is 6.05. The molecular formula is C17H27NO2S. The van der Waals surface area contributed by atoms with Crippen LogP contribution in [0.2, 0.25) is 0 Å². The van der Waals surface area contributed by atoms with Gasteiger partial charge in [0, 0.05) is 17.3 Å². The van der Waals surface area contributed by atoms with Gasteiger partial charge in [-0.3, -0.25) is 0 Å². The van der Waals surface area contributed by atoms with Crippen molar-refractivity contribution in [1.29, 1.82) is 0 Å². The van der Waals surface area contributed by atoms with E-state index in [1.807, 2.05) is 23.9 Å². The summed E-state index contributed by atoms with van der Waals surface area (Å²) in [7, 11) is 1.58. The predicted octanol–water partition coefficient (Wildman–Crippen LogP) is 4.12. The van der Waals surface area contributed by atoms with Gasteiger partial charge in [-0.25, -0.2) is 0 Å². The number of hydrogen-bond donors (Lipinski definition) is 2. The second-order valence-electron chi connectivity index (χ2n) is 5.98. The molecule has 1 unspecified atom stereocenters. The molecule has 4 heteroatoms. The summed E-state index contributed by atoms with van der Waals surface area (Å²) in [5, 5.41) is 13.4. The van der Waals surface area contributed by atoms with E-state index in [-0.39, 0.29) is 11.8 Å². The van der Waals surface area contributed by atoms with Gasteiger partial charge in [0.15, 0.2) is 11.5 Å². The molecule has 1 aromatic carbocycles. The zero-order valence-corrected chi connectivity index (χ0v) is 14.1. The standard InChI is InChI=1S/C17H27NO2S/c1-13(14-7-8-15(19)16(11-14)20-2)18-12-17(21-3)9-5-4-6-10-17/h7-8,11,13,18-19H,4-6,9-10,12H2,1-3H3. The third-order valence-electron chi connectivity index (χ3n) is 4.63. The minimum Gasteiger partial charge on any atom is -0.504 e. The Bertz CT molecular complexity index is 458. The van der Waals surface area contributed by atoms with Gasteiger partial charge in [-0.2, -0.15) is 11.8 Å². The largest absolute Gasteiger partial charge is 0.504 e. The highest BCUT2D eigenvalue weighted by atomic mass is 32.2. The van der Waals surface area contributed by atoms with Gasteiger partial charge in [0.05, 0.1) is 7.11 Å². The topological polar surface area (TPSA) is 41.5 Å². The van der Waals surface area contributed by atoms with Crippen LogP contribution in [0.15, 0.2) is 18.2 Å². The Kier molecular flexibility index (Phi) is 5.82. The van der Waals surface area contributed by atoms with Crippen molar-refractivity contribution in [2.75, 3.05) is 19.9 Å². The molecule has 1 aliphatic carbocycles. The van der Waals surface area contributed by atoms with E-state index in [4.69, 9.17) is 4.74 Å². The molecule has 0 heterocycles. The summed E-state index contributed by atoms with van der Waals surface area (Å²) in [6.07, 6.45) is 8.95. The number of methoxy groups -OCH3 is 1. The smallest absolute Gasteiger partial charge is 0.160 e. The SMILES string of the molecule is COc1cc(C(C)NCC2(SC)CCCCC2)ccc1O. The number of benzene rings is 1. The molecule has 1 fully saturated rings. The van der Waals surface area contributed by atoms with Crippen LogP contribution in [0.1, 0.15) is 50.6 Å². The van der Waals surface area contributed by atoms with Crippen LogP contribution in [-0.2, 0) is 0 Å². The van der Waals surface area contributed by atoms with Gasteiger partial charge in [0.1, 0.15) is 0 Å². The van der Waals surface area contributed by atoms with Gasteiger partial charge in [-0.05, 0) is 43.7 Å². The van der Waals surface area contributed by atoms with Crippen molar-refractivity contribution < 1.29 is 9.84 Å². The second kappa shape index (κ2) is 7.41. The molecule has 0 bridgehead atoms. The van der Waals surface area contributed by atoms with Crippen molar-refractivity contribution in [2.45, 2.75) is 49.8 Å². The minimum absolute atomic E-state index is 0.196. The van der Waals surface area contributed by atoms with Crippen LogP contribution < -0.4 is 10.1 Å². The molecule has 0 spiro atoms. The average Bonchev–Trinajstić information content (AvgIpc) is 2.54. The Morgan fingerprint density at radius 3 is 2.67 bits per heavy atom. The number of hydrogen-bond acceptors (Lipinski definition) is 4. The molecule has 1 atom stereocenters. The van der Waals surface area contributed by atoms with Crippen molar-refractivity contribution in [3.05, 3.63) is 23.8 Å². The molecule has 1 aromatic rings. The fourth-order valence-electron chi connectivity index (χ4n) is 3.07. The molecule has 2 rings (SSSR count). The molecule has 1 aliphatic rings. The Balaban J connectivity index is 1.99. The summed E-state index contributed by atoms with van der Waals surface area (Å²) >= 11 is 2.01. The van der Waals surface area contributed by atoms with Gasteiger partial charge in [-0.15, -0.1) is 0 Å². The monoisotopic (exact) mass is 309 g/mol. The lowest BCUT2D eigenvalue weighted by molar-refractivity contribution is 0.363. The van der Waals surface area contributed by atoms with Crippen LogP contribution in [0, 0.1) is 0 Å². The molecule has 0 saturated heterocycles. The minimum atomic E-state index is 0.196. The predicted molar refractivity (Wildman–Crippen MR) is 90.4 cm³/mol. The van der Waals surface area contributed by atoms with Crippen LogP contribution in [0.25, 0.3) is 0 Å². The normalized spacial score (nSPS) is 19.2. The average molecular weight is 309 g/mol. The van der Waals surface area contributed by atoms with Crippen LogP contribution in [-0.4, -0.2) is 29.8 Å². The van der Waals surface area contributed by atoms with Crippen LogP contribution >= 0.6 is 11.8 Å². The number of rotatable bonds is 6. The first-order valence-corrected chi connectivity index (χ1v) is 8.98. The molecule has 1 saturated carbocycles. The van der Waals surface area contributed by atoms with Crippen LogP contribution in [0.5, 0.6) is 11.5 Å². The Morgan fingerprint density at radius 1 is 1.33 bits per heavy atom. The Labute approximate surface area is 132 Å². The molecule has 2 N–H and O–H groups in total. The maximum Gasteiger partial charge on any atom is 0.160 e. The molecule has 0 amide bonds. The summed E-state index contributed by atoms with van der Waals surface area (Å²) in [6, 6.07) is 5.84. The third kappa shape index (κ3) is 4.07.